The molecule has 194 valence electrons. The molecule has 4 nitrogen and oxygen atoms in total. The largest absolute Gasteiger partial charge is 0.462 e. The van der Waals surface area contributed by atoms with E-state index in [1.807, 2.05) is 45.1 Å². The molecule has 0 saturated carbocycles. The minimum atomic E-state index is -3.65. The number of sulfone groups is 1. The second kappa shape index (κ2) is 12.4. The fourth-order valence-corrected chi connectivity index (χ4v) is 7.02. The van der Waals surface area contributed by atoms with Crippen LogP contribution >= 0.6 is 11.6 Å². The first-order chi connectivity index (χ1) is 16.3. The van der Waals surface area contributed by atoms with Gasteiger partial charge in [0.25, 0.3) is 0 Å². The number of rotatable bonds is 10. The van der Waals surface area contributed by atoms with E-state index >= 15 is 0 Å². The summed E-state index contributed by atoms with van der Waals surface area (Å²) in [5.74, 6) is -0.306. The van der Waals surface area contributed by atoms with E-state index in [1.54, 1.807) is 12.1 Å². The average Bonchev–Trinajstić information content (AvgIpc) is 2.76. The molecule has 6 heteroatoms. The molecular weight excluding hydrogens is 480 g/mol. The number of carbonyl (C=O) groups excluding carboxylic acids is 1. The van der Waals surface area contributed by atoms with E-state index in [-0.39, 0.29) is 23.4 Å². The van der Waals surface area contributed by atoms with Gasteiger partial charge in [0.2, 0.25) is 0 Å². The Balaban J connectivity index is 2.40. The van der Waals surface area contributed by atoms with E-state index in [9.17, 15) is 13.2 Å². The Morgan fingerprint density at radius 1 is 1.14 bits per heavy atom. The van der Waals surface area contributed by atoms with Gasteiger partial charge in [-0.15, -0.1) is 11.6 Å². The number of carbonyl (C=O) groups is 1. The standard InChI is InChI=1S/C29H41ClO4S/c1-20-10-13-25(14-11-20)35(32,33)27(28-22(3)9-8-17-29(28,6)7)19-23(4)26(30)15-12-21(2)16-18-34-24(5)31/h10-11,13-14,16,19,26-27H,8-9,12,15,17-18H2,1-7H3. The van der Waals surface area contributed by atoms with Crippen LogP contribution in [-0.4, -0.2) is 31.6 Å². The number of halogens is 1. The average molecular weight is 521 g/mol. The monoisotopic (exact) mass is 520 g/mol. The molecule has 1 aliphatic carbocycles. The first-order valence-electron chi connectivity index (χ1n) is 12.4. The molecule has 0 radical (unpaired) electrons. The van der Waals surface area contributed by atoms with Gasteiger partial charge in [-0.1, -0.05) is 54.3 Å². The van der Waals surface area contributed by atoms with Gasteiger partial charge < -0.3 is 4.74 Å². The predicted molar refractivity (Wildman–Crippen MR) is 146 cm³/mol. The van der Waals surface area contributed by atoms with Crippen LogP contribution in [0.1, 0.15) is 79.2 Å². The Morgan fingerprint density at radius 3 is 2.34 bits per heavy atom. The maximum Gasteiger partial charge on any atom is 0.302 e. The Labute approximate surface area is 217 Å². The summed E-state index contributed by atoms with van der Waals surface area (Å²) in [6, 6.07) is 7.12. The molecule has 0 bridgehead atoms. The van der Waals surface area contributed by atoms with Crippen molar-refractivity contribution in [3.8, 4) is 0 Å². The van der Waals surface area contributed by atoms with Gasteiger partial charge in [0.05, 0.1) is 10.3 Å². The number of esters is 1. The van der Waals surface area contributed by atoms with Gasteiger partial charge in [-0.05, 0) is 89.0 Å². The Kier molecular flexibility index (Phi) is 10.4. The van der Waals surface area contributed by atoms with E-state index in [4.69, 9.17) is 16.3 Å². The molecule has 0 aliphatic heterocycles. The topological polar surface area (TPSA) is 60.4 Å². The molecule has 2 rings (SSSR count). The van der Waals surface area contributed by atoms with E-state index in [0.29, 0.717) is 11.3 Å². The third-order valence-corrected chi connectivity index (χ3v) is 9.46. The number of ether oxygens (including phenoxy) is 1. The molecule has 2 atom stereocenters. The van der Waals surface area contributed by atoms with Gasteiger partial charge in [0.15, 0.2) is 9.84 Å². The second-order valence-corrected chi connectivity index (χ2v) is 13.1. The summed E-state index contributed by atoms with van der Waals surface area (Å²) in [6.45, 7) is 13.9. The zero-order chi connectivity index (χ0) is 26.4. The molecule has 0 fully saturated rings. The number of hydrogen-bond donors (Lipinski definition) is 0. The lowest BCUT2D eigenvalue weighted by molar-refractivity contribution is -0.139. The van der Waals surface area contributed by atoms with Crippen LogP contribution in [0.15, 0.2) is 63.6 Å². The van der Waals surface area contributed by atoms with Crippen molar-refractivity contribution < 1.29 is 17.9 Å². The number of alkyl halides is 1. The molecule has 2 unspecified atom stereocenters. The van der Waals surface area contributed by atoms with E-state index in [0.717, 1.165) is 48.0 Å². The smallest absolute Gasteiger partial charge is 0.302 e. The molecule has 0 N–H and O–H groups in total. The van der Waals surface area contributed by atoms with Gasteiger partial charge in [-0.2, -0.15) is 0 Å². The van der Waals surface area contributed by atoms with Crippen molar-refractivity contribution in [1.82, 2.24) is 0 Å². The van der Waals surface area contributed by atoms with Gasteiger partial charge in [-0.3, -0.25) is 4.79 Å². The van der Waals surface area contributed by atoms with Crippen LogP contribution in [0, 0.1) is 12.3 Å². The van der Waals surface area contributed by atoms with Crippen molar-refractivity contribution in [3.63, 3.8) is 0 Å². The van der Waals surface area contributed by atoms with E-state index in [2.05, 4.69) is 20.8 Å². The van der Waals surface area contributed by atoms with Crippen molar-refractivity contribution in [2.75, 3.05) is 6.61 Å². The highest BCUT2D eigenvalue weighted by molar-refractivity contribution is 7.92. The summed E-state index contributed by atoms with van der Waals surface area (Å²) in [6.07, 6.45) is 8.13. The van der Waals surface area contributed by atoms with Gasteiger partial charge in [-0.25, -0.2) is 8.42 Å². The summed E-state index contributed by atoms with van der Waals surface area (Å²) < 4.78 is 33.0. The summed E-state index contributed by atoms with van der Waals surface area (Å²) >= 11 is 6.78. The summed E-state index contributed by atoms with van der Waals surface area (Å²) in [4.78, 5) is 11.3. The molecule has 1 aromatic carbocycles. The highest BCUT2D eigenvalue weighted by Crippen LogP contribution is 2.45. The zero-order valence-corrected chi connectivity index (χ0v) is 23.9. The lowest BCUT2D eigenvalue weighted by Crippen LogP contribution is -2.34. The van der Waals surface area contributed by atoms with Crippen LogP contribution in [0.3, 0.4) is 0 Å². The molecule has 1 aromatic rings. The molecular formula is C29H41ClO4S. The van der Waals surface area contributed by atoms with Crippen LogP contribution in [0.4, 0.5) is 0 Å². The minimum absolute atomic E-state index is 0.209. The van der Waals surface area contributed by atoms with Crippen LogP contribution in [0.25, 0.3) is 0 Å². The van der Waals surface area contributed by atoms with Gasteiger partial charge in [0.1, 0.15) is 11.9 Å². The molecule has 0 spiro atoms. The van der Waals surface area contributed by atoms with Crippen LogP contribution < -0.4 is 0 Å². The molecule has 35 heavy (non-hydrogen) atoms. The Bertz CT molecular complexity index is 1090. The first-order valence-corrected chi connectivity index (χ1v) is 14.4. The molecule has 1 aliphatic rings. The van der Waals surface area contributed by atoms with Gasteiger partial charge in [0, 0.05) is 6.92 Å². The number of benzene rings is 1. The third kappa shape index (κ3) is 8.08. The third-order valence-electron chi connectivity index (χ3n) is 6.93. The van der Waals surface area contributed by atoms with Crippen molar-refractivity contribution in [1.29, 1.82) is 0 Å². The number of allylic oxidation sites excluding steroid dienone is 3. The SMILES string of the molecule is CC(=O)OCC=C(C)CCC(Cl)C(C)=CC(C1=C(C)CCCC1(C)C)S(=O)(=O)c1ccc(C)cc1. The number of hydrogen-bond acceptors (Lipinski definition) is 4. The molecule has 0 aromatic heterocycles. The lowest BCUT2D eigenvalue weighted by Gasteiger charge is -2.38. The van der Waals surface area contributed by atoms with Gasteiger partial charge >= 0.3 is 5.97 Å². The summed E-state index contributed by atoms with van der Waals surface area (Å²) in [7, 11) is -3.65. The molecule has 0 amide bonds. The van der Waals surface area contributed by atoms with E-state index in [1.165, 1.54) is 12.5 Å². The van der Waals surface area contributed by atoms with Crippen molar-refractivity contribution in [3.05, 3.63) is 64.3 Å². The maximum atomic E-state index is 14.0. The summed E-state index contributed by atoms with van der Waals surface area (Å²) in [5.41, 5.74) is 4.94. The van der Waals surface area contributed by atoms with Crippen molar-refractivity contribution in [2.24, 2.45) is 5.41 Å². The predicted octanol–water partition coefficient (Wildman–Crippen LogP) is 7.51. The highest BCUT2D eigenvalue weighted by atomic mass is 35.5. The highest BCUT2D eigenvalue weighted by Gasteiger charge is 2.39. The Hall–Kier alpha value is -1.85. The minimum Gasteiger partial charge on any atom is -0.462 e. The fourth-order valence-electron chi connectivity index (χ4n) is 4.80. The molecule has 0 saturated heterocycles. The van der Waals surface area contributed by atoms with Crippen LogP contribution in [0.2, 0.25) is 0 Å². The van der Waals surface area contributed by atoms with Crippen molar-refractivity contribution in [2.45, 2.75) is 96.1 Å². The zero-order valence-electron chi connectivity index (χ0n) is 22.3. The molecule has 0 heterocycles. The normalized spacial score (nSPS) is 18.9. The quantitative estimate of drug-likeness (QED) is 0.182. The van der Waals surface area contributed by atoms with Crippen LogP contribution in [-0.2, 0) is 19.4 Å². The summed E-state index contributed by atoms with van der Waals surface area (Å²) in [5, 5.41) is -1.04. The van der Waals surface area contributed by atoms with E-state index < -0.39 is 15.1 Å². The fraction of sp³-hybridized carbons (Fsp3) is 0.552. The Morgan fingerprint density at radius 2 is 1.77 bits per heavy atom. The van der Waals surface area contributed by atoms with Crippen molar-refractivity contribution >= 4 is 27.4 Å². The number of aryl methyl sites for hydroxylation is 1. The maximum absolute atomic E-state index is 14.0. The van der Waals surface area contributed by atoms with Crippen LogP contribution in [0.5, 0.6) is 0 Å². The lowest BCUT2D eigenvalue weighted by atomic mass is 9.71. The first kappa shape index (κ1) is 29.4. The second-order valence-electron chi connectivity index (χ2n) is 10.5.